The molecule has 30 heavy (non-hydrogen) atoms. The number of aliphatic hydroxyl groups excluding tert-OH is 1. The van der Waals surface area contributed by atoms with Gasteiger partial charge in [-0.25, -0.2) is 0 Å². The highest BCUT2D eigenvalue weighted by atomic mass is 16.3. The molecule has 0 heterocycles. The number of ketones is 1. The van der Waals surface area contributed by atoms with Gasteiger partial charge in [0.1, 0.15) is 0 Å². The van der Waals surface area contributed by atoms with Crippen LogP contribution in [0.25, 0.3) is 21.9 Å². The van der Waals surface area contributed by atoms with Gasteiger partial charge in [0.2, 0.25) is 0 Å². The summed E-state index contributed by atoms with van der Waals surface area (Å²) in [5, 5.41) is 11.9. The van der Waals surface area contributed by atoms with E-state index in [1.54, 1.807) is 0 Å². The Labute approximate surface area is 177 Å². The SMILES string of the molecule is CCC(=O)c1c(CCO)cccc1-c1ccc2cccc(Cc3ccccc3)c2c1. The molecular weight excluding hydrogens is 368 g/mol. The number of benzene rings is 4. The lowest BCUT2D eigenvalue weighted by molar-refractivity contribution is 0.0987. The van der Waals surface area contributed by atoms with Crippen LogP contribution < -0.4 is 0 Å². The van der Waals surface area contributed by atoms with Crippen molar-refractivity contribution >= 4 is 16.6 Å². The molecule has 0 spiro atoms. The second-order valence-electron chi connectivity index (χ2n) is 7.61. The van der Waals surface area contributed by atoms with Gasteiger partial charge in [0.15, 0.2) is 5.78 Å². The van der Waals surface area contributed by atoms with Gasteiger partial charge in [-0.2, -0.15) is 0 Å². The van der Waals surface area contributed by atoms with Crippen molar-refractivity contribution in [1.29, 1.82) is 0 Å². The summed E-state index contributed by atoms with van der Waals surface area (Å²) in [4.78, 5) is 12.8. The van der Waals surface area contributed by atoms with Gasteiger partial charge in [-0.15, -0.1) is 0 Å². The molecule has 0 amide bonds. The number of Topliss-reactive ketones (excluding diaryl/α,β-unsaturated/α-hetero) is 1. The van der Waals surface area contributed by atoms with Crippen LogP contribution in [0.15, 0.2) is 84.9 Å². The second-order valence-corrected chi connectivity index (χ2v) is 7.61. The lowest BCUT2D eigenvalue weighted by Gasteiger charge is -2.15. The predicted octanol–water partition coefficient (Wildman–Crippen LogP) is 6.23. The van der Waals surface area contributed by atoms with Crippen LogP contribution in [0.1, 0.15) is 40.4 Å². The molecule has 0 aliphatic heterocycles. The molecule has 0 saturated carbocycles. The van der Waals surface area contributed by atoms with E-state index < -0.39 is 0 Å². The van der Waals surface area contributed by atoms with E-state index in [0.29, 0.717) is 12.8 Å². The molecule has 0 unspecified atom stereocenters. The Hall–Kier alpha value is -3.23. The maximum absolute atomic E-state index is 12.8. The molecule has 0 radical (unpaired) electrons. The summed E-state index contributed by atoms with van der Waals surface area (Å²) in [7, 11) is 0. The van der Waals surface area contributed by atoms with E-state index in [2.05, 4.69) is 60.7 Å². The van der Waals surface area contributed by atoms with Gasteiger partial charge in [-0.1, -0.05) is 85.8 Å². The number of aliphatic hydroxyl groups is 1. The van der Waals surface area contributed by atoms with Crippen molar-refractivity contribution in [2.45, 2.75) is 26.2 Å². The quantitative estimate of drug-likeness (QED) is 0.378. The van der Waals surface area contributed by atoms with E-state index in [1.165, 1.54) is 21.9 Å². The van der Waals surface area contributed by atoms with Crippen molar-refractivity contribution in [3.63, 3.8) is 0 Å². The Morgan fingerprint density at radius 2 is 1.60 bits per heavy atom. The van der Waals surface area contributed by atoms with E-state index in [4.69, 9.17) is 0 Å². The van der Waals surface area contributed by atoms with Crippen LogP contribution in [0.2, 0.25) is 0 Å². The van der Waals surface area contributed by atoms with Gasteiger partial charge in [0.05, 0.1) is 0 Å². The Morgan fingerprint density at radius 3 is 2.37 bits per heavy atom. The molecule has 4 rings (SSSR count). The smallest absolute Gasteiger partial charge is 0.163 e. The third-order valence-corrected chi connectivity index (χ3v) is 5.65. The zero-order valence-electron chi connectivity index (χ0n) is 17.3. The average molecular weight is 395 g/mol. The van der Waals surface area contributed by atoms with E-state index in [0.717, 1.165) is 28.7 Å². The zero-order chi connectivity index (χ0) is 20.9. The molecule has 4 aromatic carbocycles. The Kier molecular flexibility index (Phi) is 6.06. The number of fused-ring (bicyclic) bond motifs is 1. The number of hydrogen-bond donors (Lipinski definition) is 1. The minimum absolute atomic E-state index is 0.0341. The fourth-order valence-electron chi connectivity index (χ4n) is 4.15. The standard InChI is InChI=1S/C28H26O2/c1-2-27(30)28-22(16-17-29)11-7-13-25(28)24-15-14-21-10-6-12-23(26(21)19-24)18-20-8-4-3-5-9-20/h3-15,19,29H,2,16-18H2,1H3. The van der Waals surface area contributed by atoms with Gasteiger partial charge in [-0.05, 0) is 57.5 Å². The van der Waals surface area contributed by atoms with Gasteiger partial charge < -0.3 is 5.11 Å². The molecule has 2 nitrogen and oxygen atoms in total. The van der Waals surface area contributed by atoms with E-state index >= 15 is 0 Å². The molecule has 0 aliphatic rings. The van der Waals surface area contributed by atoms with Crippen LogP contribution in [0.3, 0.4) is 0 Å². The summed E-state index contributed by atoms with van der Waals surface area (Å²) >= 11 is 0. The fraction of sp³-hybridized carbons (Fsp3) is 0.179. The molecule has 0 aliphatic carbocycles. The average Bonchev–Trinajstić information content (AvgIpc) is 2.79. The zero-order valence-corrected chi connectivity index (χ0v) is 17.3. The first-order valence-corrected chi connectivity index (χ1v) is 10.5. The van der Waals surface area contributed by atoms with Crippen LogP contribution in [-0.2, 0) is 12.8 Å². The van der Waals surface area contributed by atoms with Gasteiger partial charge in [0, 0.05) is 18.6 Å². The molecule has 4 aromatic rings. The fourth-order valence-corrected chi connectivity index (χ4v) is 4.15. The van der Waals surface area contributed by atoms with Gasteiger partial charge in [-0.3, -0.25) is 4.79 Å². The highest BCUT2D eigenvalue weighted by Crippen LogP contribution is 2.32. The third-order valence-electron chi connectivity index (χ3n) is 5.65. The first-order valence-electron chi connectivity index (χ1n) is 10.5. The molecule has 2 heteroatoms. The minimum Gasteiger partial charge on any atom is -0.396 e. The van der Waals surface area contributed by atoms with Crippen molar-refractivity contribution in [3.8, 4) is 11.1 Å². The topological polar surface area (TPSA) is 37.3 Å². The summed E-state index contributed by atoms with van der Waals surface area (Å²) in [6.07, 6.45) is 1.80. The highest BCUT2D eigenvalue weighted by molar-refractivity contribution is 6.04. The third kappa shape index (κ3) is 4.05. The van der Waals surface area contributed by atoms with Crippen molar-refractivity contribution < 1.29 is 9.90 Å². The van der Waals surface area contributed by atoms with E-state index in [9.17, 15) is 9.90 Å². The molecule has 0 fully saturated rings. The van der Waals surface area contributed by atoms with Crippen molar-refractivity contribution in [3.05, 3.63) is 107 Å². The van der Waals surface area contributed by atoms with Crippen LogP contribution in [0.5, 0.6) is 0 Å². The summed E-state index contributed by atoms with van der Waals surface area (Å²) in [6.45, 7) is 1.92. The first kappa shape index (κ1) is 20.1. The maximum atomic E-state index is 12.8. The lowest BCUT2D eigenvalue weighted by atomic mass is 9.89. The van der Waals surface area contributed by atoms with E-state index in [-0.39, 0.29) is 12.4 Å². The Balaban J connectivity index is 1.85. The molecule has 150 valence electrons. The van der Waals surface area contributed by atoms with Crippen LogP contribution in [0, 0.1) is 0 Å². The molecule has 0 atom stereocenters. The van der Waals surface area contributed by atoms with Crippen LogP contribution in [0.4, 0.5) is 0 Å². The number of carbonyl (C=O) groups is 1. The molecule has 1 N–H and O–H groups in total. The minimum atomic E-state index is 0.0341. The summed E-state index contributed by atoms with van der Waals surface area (Å²) in [5.74, 6) is 0.117. The summed E-state index contributed by atoms with van der Waals surface area (Å²) in [6, 6.07) is 29.3. The van der Waals surface area contributed by atoms with Gasteiger partial charge in [0.25, 0.3) is 0 Å². The molecular formula is C28H26O2. The van der Waals surface area contributed by atoms with Gasteiger partial charge >= 0.3 is 0 Å². The molecule has 0 saturated heterocycles. The summed E-state index contributed by atoms with van der Waals surface area (Å²) < 4.78 is 0. The van der Waals surface area contributed by atoms with Crippen molar-refractivity contribution in [2.75, 3.05) is 6.61 Å². The second kappa shape index (κ2) is 9.06. The van der Waals surface area contributed by atoms with E-state index in [1.807, 2.05) is 31.2 Å². The molecule has 0 bridgehead atoms. The van der Waals surface area contributed by atoms with Crippen LogP contribution in [-0.4, -0.2) is 17.5 Å². The normalized spacial score (nSPS) is 11.0. The number of carbonyl (C=O) groups excluding carboxylic acids is 1. The highest BCUT2D eigenvalue weighted by Gasteiger charge is 2.16. The number of rotatable bonds is 7. The lowest BCUT2D eigenvalue weighted by Crippen LogP contribution is -2.07. The van der Waals surface area contributed by atoms with Crippen LogP contribution >= 0.6 is 0 Å². The van der Waals surface area contributed by atoms with Crippen molar-refractivity contribution in [1.82, 2.24) is 0 Å². The largest absolute Gasteiger partial charge is 0.396 e. The Bertz CT molecular complexity index is 1180. The summed E-state index contributed by atoms with van der Waals surface area (Å²) in [5.41, 5.74) is 6.20. The monoisotopic (exact) mass is 394 g/mol. The van der Waals surface area contributed by atoms with Crippen molar-refractivity contribution in [2.24, 2.45) is 0 Å². The predicted molar refractivity (Wildman–Crippen MR) is 124 cm³/mol. The molecule has 0 aromatic heterocycles. The first-order chi connectivity index (χ1) is 14.7. The Morgan fingerprint density at radius 1 is 0.833 bits per heavy atom. The number of hydrogen-bond acceptors (Lipinski definition) is 2. The maximum Gasteiger partial charge on any atom is 0.163 e.